The third-order valence-electron chi connectivity index (χ3n) is 3.38. The molecule has 0 saturated carbocycles. The van der Waals surface area contributed by atoms with Crippen LogP contribution in [0.15, 0.2) is 73.1 Å². The lowest BCUT2D eigenvalue weighted by atomic mass is 10.1. The van der Waals surface area contributed by atoms with Gasteiger partial charge in [-0.25, -0.2) is 0 Å². The van der Waals surface area contributed by atoms with Gasteiger partial charge in [-0.2, -0.15) is 5.26 Å². The third kappa shape index (κ3) is 3.42. The molecule has 0 unspecified atom stereocenters. The van der Waals surface area contributed by atoms with Crippen LogP contribution in [0.5, 0.6) is 0 Å². The van der Waals surface area contributed by atoms with E-state index in [2.05, 4.69) is 10.3 Å². The Morgan fingerprint density at radius 1 is 0.957 bits per heavy atom. The Morgan fingerprint density at radius 3 is 2.39 bits per heavy atom. The van der Waals surface area contributed by atoms with Gasteiger partial charge >= 0.3 is 0 Å². The molecule has 23 heavy (non-hydrogen) atoms. The number of hydrogen-bond acceptors (Lipinski definition) is 3. The monoisotopic (exact) mass is 299 g/mol. The predicted molar refractivity (Wildman–Crippen MR) is 88.8 cm³/mol. The number of hydrogen-bond donors (Lipinski definition) is 1. The average molecular weight is 299 g/mol. The van der Waals surface area contributed by atoms with Crippen molar-refractivity contribution in [3.8, 4) is 17.2 Å². The molecule has 0 bridgehead atoms. The Bertz CT molecular complexity index is 865. The van der Waals surface area contributed by atoms with Crippen molar-refractivity contribution in [2.24, 2.45) is 0 Å². The summed E-state index contributed by atoms with van der Waals surface area (Å²) in [4.78, 5) is 16.5. The van der Waals surface area contributed by atoms with E-state index in [0.717, 1.165) is 11.1 Å². The van der Waals surface area contributed by atoms with Crippen LogP contribution in [0.2, 0.25) is 0 Å². The molecule has 0 radical (unpaired) electrons. The van der Waals surface area contributed by atoms with Crippen molar-refractivity contribution in [2.75, 3.05) is 5.32 Å². The zero-order valence-corrected chi connectivity index (χ0v) is 12.2. The van der Waals surface area contributed by atoms with Gasteiger partial charge in [-0.3, -0.25) is 9.78 Å². The number of rotatable bonds is 3. The molecule has 1 N–H and O–H groups in total. The molecule has 0 aliphatic heterocycles. The van der Waals surface area contributed by atoms with E-state index in [4.69, 9.17) is 5.26 Å². The number of pyridine rings is 1. The van der Waals surface area contributed by atoms with Crippen LogP contribution in [0, 0.1) is 11.3 Å². The number of amides is 1. The van der Waals surface area contributed by atoms with Crippen molar-refractivity contribution in [3.63, 3.8) is 0 Å². The van der Waals surface area contributed by atoms with Crippen molar-refractivity contribution in [2.45, 2.75) is 0 Å². The van der Waals surface area contributed by atoms with Gasteiger partial charge in [0.15, 0.2) is 0 Å². The molecule has 1 heterocycles. The highest BCUT2D eigenvalue weighted by molar-refractivity contribution is 6.04. The molecule has 1 aromatic heterocycles. The Balaban J connectivity index is 1.81. The quantitative estimate of drug-likeness (QED) is 0.798. The van der Waals surface area contributed by atoms with E-state index in [1.54, 1.807) is 36.5 Å². The summed E-state index contributed by atoms with van der Waals surface area (Å²) in [5.41, 5.74) is 3.57. The first kappa shape index (κ1) is 14.5. The summed E-state index contributed by atoms with van der Waals surface area (Å²) < 4.78 is 0. The molecule has 0 saturated heterocycles. The highest BCUT2D eigenvalue weighted by atomic mass is 16.1. The zero-order chi connectivity index (χ0) is 16.1. The van der Waals surface area contributed by atoms with Crippen LogP contribution < -0.4 is 5.32 Å². The Hall–Kier alpha value is -3.45. The van der Waals surface area contributed by atoms with Gasteiger partial charge in [0.1, 0.15) is 0 Å². The number of nitrogens with zero attached hydrogens (tertiary/aromatic N) is 2. The van der Waals surface area contributed by atoms with E-state index in [9.17, 15) is 4.79 Å². The highest BCUT2D eigenvalue weighted by Crippen LogP contribution is 2.19. The Labute approximate surface area is 134 Å². The van der Waals surface area contributed by atoms with Gasteiger partial charge in [-0.1, -0.05) is 30.3 Å². The summed E-state index contributed by atoms with van der Waals surface area (Å²) in [6.45, 7) is 0. The molecule has 3 rings (SSSR count). The van der Waals surface area contributed by atoms with E-state index in [-0.39, 0.29) is 5.91 Å². The van der Waals surface area contributed by atoms with Crippen molar-refractivity contribution in [3.05, 3.63) is 84.2 Å². The SMILES string of the molecule is N#Cc1ccc(NC(=O)c2cncc(-c3ccccc3)c2)cc1. The number of benzene rings is 2. The second-order valence-electron chi connectivity index (χ2n) is 4.97. The molecule has 3 aromatic rings. The lowest BCUT2D eigenvalue weighted by Gasteiger charge is -2.07. The number of carbonyl (C=O) groups is 1. The molecule has 0 fully saturated rings. The van der Waals surface area contributed by atoms with Gasteiger partial charge < -0.3 is 5.32 Å². The van der Waals surface area contributed by atoms with Gasteiger partial charge in [0.2, 0.25) is 0 Å². The van der Waals surface area contributed by atoms with E-state index in [1.165, 1.54) is 6.20 Å². The minimum atomic E-state index is -0.236. The number of nitrogens with one attached hydrogen (secondary N) is 1. The topological polar surface area (TPSA) is 65.8 Å². The molecule has 1 amide bonds. The average Bonchev–Trinajstić information content (AvgIpc) is 2.63. The van der Waals surface area contributed by atoms with Crippen LogP contribution in [0.3, 0.4) is 0 Å². The molecular weight excluding hydrogens is 286 g/mol. The fourth-order valence-electron chi connectivity index (χ4n) is 2.18. The molecule has 0 aliphatic carbocycles. The minimum Gasteiger partial charge on any atom is -0.322 e. The number of aromatic nitrogens is 1. The maximum absolute atomic E-state index is 12.3. The first-order valence-corrected chi connectivity index (χ1v) is 7.08. The van der Waals surface area contributed by atoms with Crippen LogP contribution in [0.1, 0.15) is 15.9 Å². The Kier molecular flexibility index (Phi) is 4.12. The van der Waals surface area contributed by atoms with E-state index >= 15 is 0 Å². The lowest BCUT2D eigenvalue weighted by molar-refractivity contribution is 0.102. The van der Waals surface area contributed by atoms with Crippen molar-refractivity contribution in [1.82, 2.24) is 4.98 Å². The molecule has 0 aliphatic rings. The summed E-state index contributed by atoms with van der Waals surface area (Å²) in [6.07, 6.45) is 3.26. The predicted octanol–water partition coefficient (Wildman–Crippen LogP) is 3.87. The van der Waals surface area contributed by atoms with Crippen molar-refractivity contribution in [1.29, 1.82) is 5.26 Å². The van der Waals surface area contributed by atoms with Crippen LogP contribution in [-0.2, 0) is 0 Å². The van der Waals surface area contributed by atoms with Crippen LogP contribution in [0.25, 0.3) is 11.1 Å². The zero-order valence-electron chi connectivity index (χ0n) is 12.2. The summed E-state index contributed by atoms with van der Waals surface area (Å²) >= 11 is 0. The normalized spacial score (nSPS) is 9.87. The Morgan fingerprint density at radius 2 is 1.70 bits per heavy atom. The minimum absolute atomic E-state index is 0.236. The smallest absolute Gasteiger partial charge is 0.257 e. The second kappa shape index (κ2) is 6.54. The second-order valence-corrected chi connectivity index (χ2v) is 4.97. The van der Waals surface area contributed by atoms with Crippen LogP contribution >= 0.6 is 0 Å². The van der Waals surface area contributed by atoms with Crippen LogP contribution in [0.4, 0.5) is 5.69 Å². The molecule has 4 nitrogen and oxygen atoms in total. The largest absolute Gasteiger partial charge is 0.322 e. The number of carbonyl (C=O) groups excluding carboxylic acids is 1. The molecule has 4 heteroatoms. The summed E-state index contributed by atoms with van der Waals surface area (Å²) in [7, 11) is 0. The highest BCUT2D eigenvalue weighted by Gasteiger charge is 2.08. The third-order valence-corrected chi connectivity index (χ3v) is 3.38. The first-order valence-electron chi connectivity index (χ1n) is 7.08. The fraction of sp³-hybridized carbons (Fsp3) is 0. The number of nitriles is 1. The van der Waals surface area contributed by atoms with Crippen LogP contribution in [-0.4, -0.2) is 10.9 Å². The maximum Gasteiger partial charge on any atom is 0.257 e. The first-order chi connectivity index (χ1) is 11.3. The molecular formula is C19H13N3O. The van der Waals surface area contributed by atoms with E-state index in [1.807, 2.05) is 36.4 Å². The van der Waals surface area contributed by atoms with Gasteiger partial charge in [-0.15, -0.1) is 0 Å². The van der Waals surface area contributed by atoms with Crippen molar-refractivity contribution < 1.29 is 4.79 Å². The van der Waals surface area contributed by atoms with E-state index < -0.39 is 0 Å². The molecule has 0 atom stereocenters. The maximum atomic E-state index is 12.3. The van der Waals surface area contributed by atoms with Gasteiger partial charge in [-0.05, 0) is 35.9 Å². The molecule has 0 spiro atoms. The summed E-state index contributed by atoms with van der Waals surface area (Å²) in [5, 5.41) is 11.6. The fourth-order valence-corrected chi connectivity index (χ4v) is 2.18. The van der Waals surface area contributed by atoms with Gasteiger partial charge in [0, 0.05) is 23.6 Å². The molecule has 2 aromatic carbocycles. The lowest BCUT2D eigenvalue weighted by Crippen LogP contribution is -2.12. The molecule has 110 valence electrons. The van der Waals surface area contributed by atoms with Crippen molar-refractivity contribution >= 4 is 11.6 Å². The van der Waals surface area contributed by atoms with E-state index in [0.29, 0.717) is 16.8 Å². The standard InChI is InChI=1S/C19H13N3O/c20-11-14-6-8-18(9-7-14)22-19(23)17-10-16(12-21-13-17)15-4-2-1-3-5-15/h1-10,12-13H,(H,22,23). The summed E-state index contributed by atoms with van der Waals surface area (Å²) in [6, 6.07) is 20.3. The van der Waals surface area contributed by atoms with Gasteiger partial charge in [0.25, 0.3) is 5.91 Å². The number of anilines is 1. The summed E-state index contributed by atoms with van der Waals surface area (Å²) in [5.74, 6) is -0.236. The van der Waals surface area contributed by atoms with Gasteiger partial charge in [0.05, 0.1) is 17.2 Å².